The third kappa shape index (κ3) is 3.55. The number of hydrogen-bond acceptors (Lipinski definition) is 4. The van der Waals surface area contributed by atoms with Crippen molar-refractivity contribution < 1.29 is 8.42 Å². The lowest BCUT2D eigenvalue weighted by molar-refractivity contribution is 0.351. The van der Waals surface area contributed by atoms with Crippen LogP contribution in [0.1, 0.15) is 25.7 Å². The molecule has 1 atom stereocenters. The van der Waals surface area contributed by atoms with Crippen LogP contribution in [-0.2, 0) is 17.1 Å². The Morgan fingerprint density at radius 3 is 2.89 bits per heavy atom. The Hall–Kier alpha value is -0.920. The normalized spacial score (nSPS) is 20.9. The van der Waals surface area contributed by atoms with Crippen LogP contribution in [0.2, 0.25) is 0 Å². The van der Waals surface area contributed by atoms with E-state index < -0.39 is 10.0 Å². The van der Waals surface area contributed by atoms with E-state index >= 15 is 0 Å². The molecule has 1 aromatic heterocycles. The van der Waals surface area contributed by atoms with Gasteiger partial charge in [0.05, 0.1) is 6.33 Å². The molecule has 0 radical (unpaired) electrons. The lowest BCUT2D eigenvalue weighted by atomic mass is 10.0. The first-order chi connectivity index (χ1) is 9.00. The molecule has 0 aromatic carbocycles. The summed E-state index contributed by atoms with van der Waals surface area (Å²) in [7, 11) is -0.0656. The third-order valence-electron chi connectivity index (χ3n) is 3.56. The van der Waals surface area contributed by atoms with Crippen molar-refractivity contribution in [3.05, 3.63) is 12.5 Å². The van der Waals surface area contributed by atoms with Crippen molar-refractivity contribution in [3.8, 4) is 0 Å². The van der Waals surface area contributed by atoms with Gasteiger partial charge in [-0.2, -0.15) is 4.31 Å². The van der Waals surface area contributed by atoms with E-state index in [0.29, 0.717) is 12.6 Å². The van der Waals surface area contributed by atoms with Crippen molar-refractivity contribution in [2.45, 2.75) is 36.8 Å². The van der Waals surface area contributed by atoms with E-state index in [1.54, 1.807) is 18.7 Å². The van der Waals surface area contributed by atoms with E-state index in [2.05, 4.69) is 10.3 Å². The summed E-state index contributed by atoms with van der Waals surface area (Å²) in [6.07, 6.45) is 7.47. The number of hydrogen-bond donors (Lipinski definition) is 1. The summed E-state index contributed by atoms with van der Waals surface area (Å²) in [5, 5.41) is 3.55. The summed E-state index contributed by atoms with van der Waals surface area (Å²) in [5.41, 5.74) is 0. The number of nitrogens with zero attached hydrogens (tertiary/aromatic N) is 3. The molecule has 7 heteroatoms. The van der Waals surface area contributed by atoms with Crippen LogP contribution in [0.3, 0.4) is 0 Å². The first kappa shape index (κ1) is 14.5. The fourth-order valence-electron chi connectivity index (χ4n) is 2.31. The Morgan fingerprint density at radius 1 is 1.53 bits per heavy atom. The van der Waals surface area contributed by atoms with Gasteiger partial charge in [-0.05, 0) is 25.8 Å². The predicted octanol–water partition coefficient (Wildman–Crippen LogP) is 0.573. The monoisotopic (exact) mass is 286 g/mol. The van der Waals surface area contributed by atoms with Gasteiger partial charge in [-0.15, -0.1) is 0 Å². The molecule has 1 fully saturated rings. The Kier molecular flexibility index (Phi) is 4.59. The molecule has 1 aliphatic heterocycles. The van der Waals surface area contributed by atoms with Crippen molar-refractivity contribution in [3.63, 3.8) is 0 Å². The fraction of sp³-hybridized carbons (Fsp3) is 0.750. The lowest BCUT2D eigenvalue weighted by Gasteiger charge is -2.25. The van der Waals surface area contributed by atoms with Crippen molar-refractivity contribution in [1.82, 2.24) is 19.2 Å². The largest absolute Gasteiger partial charge is 0.339 e. The van der Waals surface area contributed by atoms with Crippen LogP contribution in [-0.4, -0.2) is 48.5 Å². The number of piperidine rings is 1. The molecule has 2 heterocycles. The average molecular weight is 286 g/mol. The molecule has 0 spiro atoms. The number of rotatable bonds is 5. The van der Waals surface area contributed by atoms with Crippen molar-refractivity contribution in [2.24, 2.45) is 7.05 Å². The first-order valence-corrected chi connectivity index (χ1v) is 8.12. The smallest absolute Gasteiger partial charge is 0.261 e. The topological polar surface area (TPSA) is 67.2 Å². The van der Waals surface area contributed by atoms with Gasteiger partial charge in [-0.3, -0.25) is 0 Å². The zero-order valence-electron chi connectivity index (χ0n) is 11.5. The van der Waals surface area contributed by atoms with Gasteiger partial charge in [0.25, 0.3) is 10.0 Å². The summed E-state index contributed by atoms with van der Waals surface area (Å²) in [6, 6.07) is 0.440. The minimum atomic E-state index is -3.45. The van der Waals surface area contributed by atoms with Gasteiger partial charge in [-0.1, -0.05) is 6.42 Å². The number of nitrogens with one attached hydrogen (secondary N) is 1. The van der Waals surface area contributed by atoms with Crippen LogP contribution in [0.25, 0.3) is 0 Å². The fourth-order valence-corrected chi connectivity index (χ4v) is 3.45. The molecule has 19 heavy (non-hydrogen) atoms. The maximum Gasteiger partial charge on any atom is 0.261 e. The number of aryl methyl sites for hydroxylation is 1. The van der Waals surface area contributed by atoms with E-state index in [-0.39, 0.29) is 5.03 Å². The summed E-state index contributed by atoms with van der Waals surface area (Å²) in [6.45, 7) is 1.57. The minimum absolute atomic E-state index is 0.120. The summed E-state index contributed by atoms with van der Waals surface area (Å²) in [5.74, 6) is 0. The maximum absolute atomic E-state index is 12.2. The standard InChI is InChI=1S/C12H22N4O2S/c1-15-9-12(14-10-15)19(17,18)16(2)8-6-11-5-3-4-7-13-11/h9-11,13H,3-8H2,1-2H3. The van der Waals surface area contributed by atoms with Gasteiger partial charge < -0.3 is 9.88 Å². The molecular formula is C12H22N4O2S. The van der Waals surface area contributed by atoms with E-state index in [1.165, 1.54) is 29.7 Å². The third-order valence-corrected chi connectivity index (χ3v) is 5.30. The van der Waals surface area contributed by atoms with Gasteiger partial charge >= 0.3 is 0 Å². The molecule has 1 unspecified atom stereocenters. The highest BCUT2D eigenvalue weighted by atomic mass is 32.2. The van der Waals surface area contributed by atoms with Crippen LogP contribution in [0.5, 0.6) is 0 Å². The predicted molar refractivity (Wildman–Crippen MR) is 73.3 cm³/mol. The molecule has 1 aliphatic rings. The summed E-state index contributed by atoms with van der Waals surface area (Å²) < 4.78 is 27.5. The van der Waals surface area contributed by atoms with Gasteiger partial charge in [0.15, 0.2) is 5.03 Å². The van der Waals surface area contributed by atoms with Crippen LogP contribution in [0.15, 0.2) is 17.6 Å². The molecule has 1 N–H and O–H groups in total. The number of sulfonamides is 1. The van der Waals surface area contributed by atoms with Crippen molar-refractivity contribution in [2.75, 3.05) is 20.1 Å². The lowest BCUT2D eigenvalue weighted by Crippen LogP contribution is -2.38. The van der Waals surface area contributed by atoms with Gasteiger partial charge in [0.1, 0.15) is 0 Å². The quantitative estimate of drug-likeness (QED) is 0.859. The average Bonchev–Trinajstić information content (AvgIpc) is 2.84. The van der Waals surface area contributed by atoms with Gasteiger partial charge in [-0.25, -0.2) is 13.4 Å². The van der Waals surface area contributed by atoms with Crippen molar-refractivity contribution >= 4 is 10.0 Å². The van der Waals surface area contributed by atoms with Crippen LogP contribution < -0.4 is 5.32 Å². The molecule has 0 amide bonds. The highest BCUT2D eigenvalue weighted by Gasteiger charge is 2.24. The molecule has 0 bridgehead atoms. The number of aromatic nitrogens is 2. The Balaban J connectivity index is 1.93. The zero-order chi connectivity index (χ0) is 13.9. The molecular weight excluding hydrogens is 264 g/mol. The summed E-state index contributed by atoms with van der Waals surface area (Å²) in [4.78, 5) is 3.92. The van der Waals surface area contributed by atoms with Gasteiger partial charge in [0, 0.05) is 32.9 Å². The highest BCUT2D eigenvalue weighted by Crippen LogP contribution is 2.14. The highest BCUT2D eigenvalue weighted by molar-refractivity contribution is 7.89. The van der Waals surface area contributed by atoms with E-state index in [0.717, 1.165) is 19.4 Å². The molecule has 1 saturated heterocycles. The van der Waals surface area contributed by atoms with Gasteiger partial charge in [0.2, 0.25) is 0 Å². The van der Waals surface area contributed by atoms with Crippen LogP contribution in [0, 0.1) is 0 Å². The molecule has 2 rings (SSSR count). The van der Waals surface area contributed by atoms with E-state index in [1.807, 2.05) is 0 Å². The van der Waals surface area contributed by atoms with E-state index in [4.69, 9.17) is 0 Å². The van der Waals surface area contributed by atoms with Crippen LogP contribution in [0.4, 0.5) is 0 Å². The Bertz CT molecular complexity index is 506. The Morgan fingerprint density at radius 2 is 2.32 bits per heavy atom. The molecule has 108 valence electrons. The second kappa shape index (κ2) is 6.02. The molecule has 0 saturated carbocycles. The number of imidazole rings is 1. The van der Waals surface area contributed by atoms with Crippen molar-refractivity contribution in [1.29, 1.82) is 0 Å². The minimum Gasteiger partial charge on any atom is -0.339 e. The molecule has 1 aromatic rings. The summed E-state index contributed by atoms with van der Waals surface area (Å²) >= 11 is 0. The molecule has 0 aliphatic carbocycles. The Labute approximate surface area is 114 Å². The molecule has 6 nitrogen and oxygen atoms in total. The second-order valence-corrected chi connectivity index (χ2v) is 7.13. The first-order valence-electron chi connectivity index (χ1n) is 6.68. The second-order valence-electron chi connectivity index (χ2n) is 5.14. The maximum atomic E-state index is 12.2. The van der Waals surface area contributed by atoms with Crippen LogP contribution >= 0.6 is 0 Å². The zero-order valence-corrected chi connectivity index (χ0v) is 12.4. The van der Waals surface area contributed by atoms with E-state index in [9.17, 15) is 8.42 Å². The SMILES string of the molecule is CN(CCC1CCCCN1)S(=O)(=O)c1cn(C)cn1.